The third-order valence-electron chi connectivity index (χ3n) is 6.03. The summed E-state index contributed by atoms with van der Waals surface area (Å²) in [5, 5.41) is 4.50. The molecule has 0 spiro atoms. The highest BCUT2D eigenvalue weighted by atomic mass is 19.2. The molecule has 164 valence electrons. The van der Waals surface area contributed by atoms with E-state index in [9.17, 15) is 22.8 Å². The fourth-order valence-electron chi connectivity index (χ4n) is 4.51. The van der Waals surface area contributed by atoms with Crippen molar-refractivity contribution in [2.24, 2.45) is 7.05 Å². The summed E-state index contributed by atoms with van der Waals surface area (Å²) >= 11 is 0. The molecule has 1 aromatic heterocycles. The summed E-state index contributed by atoms with van der Waals surface area (Å²) in [6.45, 7) is 2.20. The van der Waals surface area contributed by atoms with E-state index >= 15 is 0 Å². The van der Waals surface area contributed by atoms with Gasteiger partial charge in [0.2, 0.25) is 0 Å². The van der Waals surface area contributed by atoms with E-state index in [-0.39, 0.29) is 23.9 Å². The van der Waals surface area contributed by atoms with Crippen LogP contribution in [-0.4, -0.2) is 33.1 Å². The SMILES string of the molecule is C[C@H]1c2nn(C)c(-c3cc(F)c(F)c(F)c3)c2CCN1C(=O)c1ccc2c(c1)CC(=O)O2. The lowest BCUT2D eigenvalue weighted by Gasteiger charge is -2.33. The van der Waals surface area contributed by atoms with E-state index in [0.29, 0.717) is 41.2 Å². The van der Waals surface area contributed by atoms with Crippen LogP contribution < -0.4 is 4.74 Å². The molecule has 0 saturated heterocycles. The molecule has 9 heteroatoms. The minimum atomic E-state index is -1.52. The zero-order valence-electron chi connectivity index (χ0n) is 17.3. The summed E-state index contributed by atoms with van der Waals surface area (Å²) in [7, 11) is 1.64. The second-order valence-electron chi connectivity index (χ2n) is 7.99. The summed E-state index contributed by atoms with van der Waals surface area (Å²) in [5.41, 5.74) is 3.18. The molecular formula is C23H18F3N3O3. The molecule has 2 aliphatic heterocycles. The number of ether oxygens (including phenoxy) is 1. The molecule has 0 bridgehead atoms. The highest BCUT2D eigenvalue weighted by molar-refractivity contribution is 5.96. The van der Waals surface area contributed by atoms with Crippen molar-refractivity contribution in [2.45, 2.75) is 25.8 Å². The maximum atomic E-state index is 13.8. The highest BCUT2D eigenvalue weighted by Crippen LogP contribution is 2.37. The molecule has 0 fully saturated rings. The standard InChI is InChI=1S/C23H18F3N3O3/c1-11-21-15(22(28(2)27-21)14-8-16(24)20(26)17(25)9-14)5-6-29(11)23(31)12-3-4-18-13(7-12)10-19(30)32-18/h3-4,7-9,11H,5-6,10H2,1-2H3/t11-/m0/s1. The monoisotopic (exact) mass is 441 g/mol. The molecule has 3 aromatic rings. The van der Waals surface area contributed by atoms with Gasteiger partial charge >= 0.3 is 5.97 Å². The Labute approximate surface area is 181 Å². The van der Waals surface area contributed by atoms with Gasteiger partial charge in [-0.1, -0.05) is 0 Å². The van der Waals surface area contributed by atoms with E-state index in [1.54, 1.807) is 30.1 Å². The molecule has 0 saturated carbocycles. The van der Waals surface area contributed by atoms with Crippen LogP contribution in [-0.2, 0) is 24.7 Å². The van der Waals surface area contributed by atoms with Gasteiger partial charge in [0, 0.05) is 35.8 Å². The molecule has 0 radical (unpaired) electrons. The van der Waals surface area contributed by atoms with Gasteiger partial charge in [-0.2, -0.15) is 5.10 Å². The van der Waals surface area contributed by atoms with Crippen molar-refractivity contribution in [3.63, 3.8) is 0 Å². The number of hydrogen-bond donors (Lipinski definition) is 0. The zero-order chi connectivity index (χ0) is 22.7. The second kappa shape index (κ2) is 7.22. The molecule has 2 aromatic carbocycles. The third-order valence-corrected chi connectivity index (χ3v) is 6.03. The van der Waals surface area contributed by atoms with Gasteiger partial charge in [-0.05, 0) is 43.7 Å². The Morgan fingerprint density at radius 3 is 2.59 bits per heavy atom. The summed E-state index contributed by atoms with van der Waals surface area (Å²) in [5.74, 6) is -4.15. The molecular weight excluding hydrogens is 423 g/mol. The number of hydrogen-bond acceptors (Lipinski definition) is 4. The number of rotatable bonds is 2. The first kappa shape index (κ1) is 20.3. The highest BCUT2D eigenvalue weighted by Gasteiger charge is 2.34. The molecule has 6 nitrogen and oxygen atoms in total. The number of aryl methyl sites for hydroxylation is 1. The summed E-state index contributed by atoms with van der Waals surface area (Å²) < 4.78 is 47.6. The normalized spacial score (nSPS) is 17.2. The smallest absolute Gasteiger partial charge is 0.315 e. The average molecular weight is 441 g/mol. The van der Waals surface area contributed by atoms with E-state index in [2.05, 4.69) is 5.10 Å². The molecule has 3 heterocycles. The quantitative estimate of drug-likeness (QED) is 0.346. The lowest BCUT2D eigenvalue weighted by molar-refractivity contribution is -0.131. The van der Waals surface area contributed by atoms with Gasteiger partial charge in [0.05, 0.1) is 23.9 Å². The predicted molar refractivity (Wildman–Crippen MR) is 107 cm³/mol. The minimum absolute atomic E-state index is 0.130. The third kappa shape index (κ3) is 3.07. The summed E-state index contributed by atoms with van der Waals surface area (Å²) in [4.78, 5) is 26.4. The second-order valence-corrected chi connectivity index (χ2v) is 7.99. The summed E-state index contributed by atoms with van der Waals surface area (Å²) in [6.07, 6.45) is 0.548. The van der Waals surface area contributed by atoms with Crippen LogP contribution in [0, 0.1) is 17.5 Å². The van der Waals surface area contributed by atoms with E-state index in [4.69, 9.17) is 4.74 Å². The number of nitrogens with zero attached hydrogens (tertiary/aromatic N) is 3. The molecule has 5 rings (SSSR count). The zero-order valence-corrected chi connectivity index (χ0v) is 17.3. The predicted octanol–water partition coefficient (Wildman–Crippen LogP) is 3.73. The fraction of sp³-hybridized carbons (Fsp3) is 0.261. The maximum Gasteiger partial charge on any atom is 0.315 e. The first-order valence-electron chi connectivity index (χ1n) is 10.1. The van der Waals surface area contributed by atoms with Gasteiger partial charge in [0.25, 0.3) is 5.91 Å². The Morgan fingerprint density at radius 2 is 1.88 bits per heavy atom. The van der Waals surface area contributed by atoms with Gasteiger partial charge in [-0.25, -0.2) is 13.2 Å². The molecule has 1 atom stereocenters. The first-order chi connectivity index (χ1) is 15.2. The van der Waals surface area contributed by atoms with Crippen LogP contribution in [0.25, 0.3) is 11.3 Å². The van der Waals surface area contributed by atoms with Crippen molar-refractivity contribution in [1.29, 1.82) is 0 Å². The number of fused-ring (bicyclic) bond motifs is 2. The maximum absolute atomic E-state index is 13.8. The van der Waals surface area contributed by atoms with Crippen LogP contribution in [0.5, 0.6) is 5.75 Å². The lowest BCUT2D eigenvalue weighted by atomic mass is 9.94. The number of aromatic nitrogens is 2. The molecule has 32 heavy (non-hydrogen) atoms. The van der Waals surface area contributed by atoms with Crippen LogP contribution in [0.2, 0.25) is 0 Å². The molecule has 2 aliphatic rings. The Hall–Kier alpha value is -3.62. The van der Waals surface area contributed by atoms with Gasteiger partial charge in [0.1, 0.15) is 5.75 Å². The van der Waals surface area contributed by atoms with E-state index in [1.165, 1.54) is 4.68 Å². The number of carbonyl (C=O) groups is 2. The Balaban J connectivity index is 1.48. The fourth-order valence-corrected chi connectivity index (χ4v) is 4.51. The Morgan fingerprint density at radius 1 is 1.16 bits per heavy atom. The minimum Gasteiger partial charge on any atom is -0.426 e. The topological polar surface area (TPSA) is 64.4 Å². The van der Waals surface area contributed by atoms with Crippen molar-refractivity contribution in [3.8, 4) is 17.0 Å². The average Bonchev–Trinajstić information content (AvgIpc) is 3.29. The molecule has 0 N–H and O–H groups in total. The number of esters is 1. The lowest BCUT2D eigenvalue weighted by Crippen LogP contribution is -2.38. The number of carbonyl (C=O) groups excluding carboxylic acids is 2. The first-order valence-corrected chi connectivity index (χ1v) is 10.1. The van der Waals surface area contributed by atoms with Crippen molar-refractivity contribution in [1.82, 2.24) is 14.7 Å². The van der Waals surface area contributed by atoms with Crippen LogP contribution >= 0.6 is 0 Å². The molecule has 0 aliphatic carbocycles. The van der Waals surface area contributed by atoms with Gasteiger partial charge in [-0.15, -0.1) is 0 Å². The van der Waals surface area contributed by atoms with Crippen molar-refractivity contribution < 1.29 is 27.5 Å². The van der Waals surface area contributed by atoms with Crippen LogP contribution in [0.3, 0.4) is 0 Å². The van der Waals surface area contributed by atoms with Gasteiger partial charge in [0.15, 0.2) is 17.5 Å². The number of amides is 1. The van der Waals surface area contributed by atoms with Crippen molar-refractivity contribution in [3.05, 3.63) is 70.2 Å². The van der Waals surface area contributed by atoms with Gasteiger partial charge in [-0.3, -0.25) is 14.3 Å². The number of halogens is 3. The number of benzene rings is 2. The van der Waals surface area contributed by atoms with Crippen LogP contribution in [0.15, 0.2) is 30.3 Å². The Kier molecular flexibility index (Phi) is 4.58. The van der Waals surface area contributed by atoms with E-state index in [1.807, 2.05) is 6.92 Å². The van der Waals surface area contributed by atoms with Crippen molar-refractivity contribution >= 4 is 11.9 Å². The molecule has 0 unspecified atom stereocenters. The van der Waals surface area contributed by atoms with E-state index < -0.39 is 23.5 Å². The van der Waals surface area contributed by atoms with Gasteiger partial charge < -0.3 is 9.64 Å². The Bertz CT molecular complexity index is 1280. The summed E-state index contributed by atoms with van der Waals surface area (Å²) in [6, 6.07) is 6.41. The van der Waals surface area contributed by atoms with Crippen LogP contribution in [0.4, 0.5) is 13.2 Å². The van der Waals surface area contributed by atoms with Crippen LogP contribution in [0.1, 0.15) is 40.1 Å². The molecule has 1 amide bonds. The largest absolute Gasteiger partial charge is 0.426 e. The van der Waals surface area contributed by atoms with E-state index in [0.717, 1.165) is 17.7 Å². The van der Waals surface area contributed by atoms with Crippen molar-refractivity contribution in [2.75, 3.05) is 6.54 Å².